The van der Waals surface area contributed by atoms with E-state index in [4.69, 9.17) is 15.2 Å². The van der Waals surface area contributed by atoms with E-state index in [9.17, 15) is 13.2 Å². The number of benzene rings is 1. The molecule has 0 saturated carbocycles. The topological polar surface area (TPSA) is 111 Å². The molecule has 0 spiro atoms. The number of nitrogens with two attached hydrogens (primary N) is 1. The third-order valence-electron chi connectivity index (χ3n) is 3.92. The maximum Gasteiger partial charge on any atom is 0.243 e. The minimum Gasteiger partial charge on any atom is -0.492 e. The first-order valence-electron chi connectivity index (χ1n) is 8.25. The minimum absolute atomic E-state index is 0.105. The number of sulfonamides is 1. The Morgan fingerprint density at radius 2 is 2.08 bits per heavy atom. The highest BCUT2D eigenvalue weighted by Gasteiger charge is 2.27. The van der Waals surface area contributed by atoms with Crippen molar-refractivity contribution in [2.75, 3.05) is 44.8 Å². The highest BCUT2D eigenvalue weighted by molar-refractivity contribution is 7.89. The fourth-order valence-corrected chi connectivity index (χ4v) is 3.78. The fraction of sp³-hybridized carbons (Fsp3) is 0.562. The van der Waals surface area contributed by atoms with E-state index < -0.39 is 15.9 Å². The van der Waals surface area contributed by atoms with Crippen molar-refractivity contribution in [1.29, 1.82) is 0 Å². The van der Waals surface area contributed by atoms with E-state index in [1.54, 1.807) is 13.0 Å². The predicted molar refractivity (Wildman–Crippen MR) is 94.0 cm³/mol. The lowest BCUT2D eigenvalue weighted by Crippen LogP contribution is -2.40. The van der Waals surface area contributed by atoms with Gasteiger partial charge < -0.3 is 20.5 Å². The summed E-state index contributed by atoms with van der Waals surface area (Å²) in [7, 11) is -3.66. The molecule has 0 aliphatic carbocycles. The summed E-state index contributed by atoms with van der Waals surface area (Å²) >= 11 is 0. The van der Waals surface area contributed by atoms with Crippen LogP contribution in [-0.4, -0.2) is 58.1 Å². The average Bonchev–Trinajstić information content (AvgIpc) is 2.63. The molecule has 1 atom stereocenters. The highest BCUT2D eigenvalue weighted by Crippen LogP contribution is 2.30. The van der Waals surface area contributed by atoms with Crippen molar-refractivity contribution in [2.45, 2.75) is 18.7 Å². The Balaban J connectivity index is 2.33. The number of anilines is 1. The van der Waals surface area contributed by atoms with Gasteiger partial charge in [-0.3, -0.25) is 4.79 Å². The smallest absolute Gasteiger partial charge is 0.243 e. The van der Waals surface area contributed by atoms with Crippen LogP contribution in [0.1, 0.15) is 13.8 Å². The molecular formula is C16H25N3O5S. The first-order chi connectivity index (χ1) is 11.9. The van der Waals surface area contributed by atoms with Crippen LogP contribution in [0.3, 0.4) is 0 Å². The lowest BCUT2D eigenvalue weighted by atomic mass is 10.1. The van der Waals surface area contributed by atoms with E-state index in [2.05, 4.69) is 5.32 Å². The molecule has 3 N–H and O–H groups in total. The summed E-state index contributed by atoms with van der Waals surface area (Å²) in [6.45, 7) is 5.45. The third-order valence-corrected chi connectivity index (χ3v) is 5.81. The van der Waals surface area contributed by atoms with Gasteiger partial charge in [0, 0.05) is 25.6 Å². The number of ether oxygens (including phenoxy) is 2. The Labute approximate surface area is 148 Å². The van der Waals surface area contributed by atoms with E-state index in [0.717, 1.165) is 0 Å². The van der Waals surface area contributed by atoms with Crippen molar-refractivity contribution in [2.24, 2.45) is 11.7 Å². The second-order valence-corrected chi connectivity index (χ2v) is 7.67. The molecule has 1 fully saturated rings. The van der Waals surface area contributed by atoms with Gasteiger partial charge in [-0.25, -0.2) is 8.42 Å². The molecule has 2 rings (SSSR count). The number of hydrogen-bond donors (Lipinski definition) is 2. The largest absolute Gasteiger partial charge is 0.492 e. The number of amides is 1. The van der Waals surface area contributed by atoms with E-state index in [0.29, 0.717) is 44.3 Å². The monoisotopic (exact) mass is 371 g/mol. The number of carbonyl (C=O) groups is 1. The molecule has 1 aromatic carbocycles. The summed E-state index contributed by atoms with van der Waals surface area (Å²) in [4.78, 5) is 12.2. The van der Waals surface area contributed by atoms with Crippen molar-refractivity contribution < 1.29 is 22.7 Å². The van der Waals surface area contributed by atoms with Gasteiger partial charge in [0.05, 0.1) is 30.4 Å². The molecule has 140 valence electrons. The Morgan fingerprint density at radius 3 is 2.68 bits per heavy atom. The molecule has 1 aliphatic rings. The Kier molecular flexibility index (Phi) is 6.77. The van der Waals surface area contributed by atoms with Gasteiger partial charge in [-0.05, 0) is 25.1 Å². The Morgan fingerprint density at radius 1 is 1.40 bits per heavy atom. The van der Waals surface area contributed by atoms with Crippen LogP contribution in [0.2, 0.25) is 0 Å². The third kappa shape index (κ3) is 4.69. The highest BCUT2D eigenvalue weighted by atomic mass is 32.2. The van der Waals surface area contributed by atoms with Crippen LogP contribution in [0, 0.1) is 5.92 Å². The normalized spacial score (nSPS) is 17.1. The van der Waals surface area contributed by atoms with Gasteiger partial charge in [0.25, 0.3) is 0 Å². The summed E-state index contributed by atoms with van der Waals surface area (Å²) in [5, 5.41) is 2.71. The van der Waals surface area contributed by atoms with Crippen molar-refractivity contribution >= 4 is 21.6 Å². The lowest BCUT2D eigenvalue weighted by molar-refractivity contribution is -0.119. The molecule has 1 unspecified atom stereocenters. The van der Waals surface area contributed by atoms with Crippen LogP contribution >= 0.6 is 0 Å². The molecule has 1 aromatic rings. The first-order valence-corrected chi connectivity index (χ1v) is 9.69. The predicted octanol–water partition coefficient (Wildman–Crippen LogP) is 0.640. The van der Waals surface area contributed by atoms with E-state index in [1.807, 2.05) is 6.92 Å². The van der Waals surface area contributed by atoms with Gasteiger partial charge in [-0.1, -0.05) is 6.92 Å². The molecule has 0 bridgehead atoms. The van der Waals surface area contributed by atoms with Crippen LogP contribution in [0.4, 0.5) is 5.69 Å². The van der Waals surface area contributed by atoms with Gasteiger partial charge in [-0.15, -0.1) is 0 Å². The number of rotatable bonds is 7. The molecule has 1 heterocycles. The number of nitrogens with zero attached hydrogens (tertiary/aromatic N) is 1. The van der Waals surface area contributed by atoms with Gasteiger partial charge in [0.15, 0.2) is 0 Å². The summed E-state index contributed by atoms with van der Waals surface area (Å²) in [5.74, 6) is -0.264. The second kappa shape index (κ2) is 8.61. The summed E-state index contributed by atoms with van der Waals surface area (Å²) < 4.78 is 37.6. The SMILES string of the molecule is CCOc1ccc(S(=O)(=O)N2CCOCC2)cc1NC(=O)C(C)CN. The van der Waals surface area contributed by atoms with Crippen LogP contribution in [0.5, 0.6) is 5.75 Å². The molecular weight excluding hydrogens is 346 g/mol. The van der Waals surface area contributed by atoms with Crippen LogP contribution < -0.4 is 15.8 Å². The molecule has 1 aliphatic heterocycles. The van der Waals surface area contributed by atoms with Gasteiger partial charge in [-0.2, -0.15) is 4.31 Å². The number of morpholine rings is 1. The maximum absolute atomic E-state index is 12.8. The Bertz CT molecular complexity index is 702. The van der Waals surface area contributed by atoms with E-state index >= 15 is 0 Å². The van der Waals surface area contributed by atoms with Gasteiger partial charge in [0.2, 0.25) is 15.9 Å². The minimum atomic E-state index is -3.66. The first kappa shape index (κ1) is 19.6. The molecule has 0 radical (unpaired) electrons. The molecule has 0 aromatic heterocycles. The Hall–Kier alpha value is -1.68. The van der Waals surface area contributed by atoms with Crippen molar-refractivity contribution in [3.8, 4) is 5.75 Å². The summed E-state index contributed by atoms with van der Waals surface area (Å²) in [6, 6.07) is 4.47. The molecule has 25 heavy (non-hydrogen) atoms. The maximum atomic E-state index is 12.8. The zero-order valence-corrected chi connectivity index (χ0v) is 15.3. The summed E-state index contributed by atoms with van der Waals surface area (Å²) in [6.07, 6.45) is 0. The van der Waals surface area contributed by atoms with Crippen molar-refractivity contribution in [3.63, 3.8) is 0 Å². The number of carbonyl (C=O) groups excluding carboxylic acids is 1. The summed E-state index contributed by atoms with van der Waals surface area (Å²) in [5.41, 5.74) is 5.83. The second-order valence-electron chi connectivity index (χ2n) is 5.73. The standard InChI is InChI=1S/C16H25N3O5S/c1-3-24-15-5-4-13(10-14(15)18-16(20)12(2)11-17)25(21,22)19-6-8-23-9-7-19/h4-5,10,12H,3,6-9,11,17H2,1-2H3,(H,18,20). The van der Waals surface area contributed by atoms with Crippen LogP contribution in [0.15, 0.2) is 23.1 Å². The molecule has 1 saturated heterocycles. The van der Waals surface area contributed by atoms with Crippen molar-refractivity contribution in [1.82, 2.24) is 4.31 Å². The van der Waals surface area contributed by atoms with Crippen molar-refractivity contribution in [3.05, 3.63) is 18.2 Å². The van der Waals surface area contributed by atoms with Crippen LogP contribution in [-0.2, 0) is 19.6 Å². The quantitative estimate of drug-likeness (QED) is 0.728. The number of nitrogens with one attached hydrogen (secondary N) is 1. The molecule has 1 amide bonds. The van der Waals surface area contributed by atoms with E-state index in [-0.39, 0.29) is 17.3 Å². The zero-order chi connectivity index (χ0) is 18.4. The lowest BCUT2D eigenvalue weighted by Gasteiger charge is -2.26. The van der Waals surface area contributed by atoms with Gasteiger partial charge >= 0.3 is 0 Å². The van der Waals surface area contributed by atoms with Gasteiger partial charge in [0.1, 0.15) is 5.75 Å². The molecule has 8 nitrogen and oxygen atoms in total. The molecule has 9 heteroatoms. The van der Waals surface area contributed by atoms with Crippen LogP contribution in [0.25, 0.3) is 0 Å². The zero-order valence-electron chi connectivity index (χ0n) is 14.5. The average molecular weight is 371 g/mol. The fourth-order valence-electron chi connectivity index (χ4n) is 2.35. The number of hydrogen-bond acceptors (Lipinski definition) is 6. The van der Waals surface area contributed by atoms with E-state index in [1.165, 1.54) is 16.4 Å².